The van der Waals surface area contributed by atoms with E-state index in [0.717, 1.165) is 32.4 Å². The first-order valence-electron chi connectivity index (χ1n) is 4.48. The van der Waals surface area contributed by atoms with E-state index in [-0.39, 0.29) is 0 Å². The van der Waals surface area contributed by atoms with Crippen molar-refractivity contribution in [1.82, 2.24) is 15.2 Å². The number of hydrogen-bond acceptors (Lipinski definition) is 4. The molecule has 0 atom stereocenters. The Hall–Kier alpha value is -1.75. The predicted octanol–water partition coefficient (Wildman–Crippen LogP) is 2.29. The van der Waals surface area contributed by atoms with Gasteiger partial charge in [-0.2, -0.15) is 5.10 Å². The lowest BCUT2D eigenvalue weighted by atomic mass is 10.2. The predicted molar refractivity (Wildman–Crippen MR) is 59.4 cm³/mol. The van der Waals surface area contributed by atoms with Crippen LogP contribution in [0.15, 0.2) is 12.1 Å². The number of nitrogens with one attached hydrogen (secondary N) is 1. The van der Waals surface area contributed by atoms with E-state index in [1.807, 2.05) is 19.1 Å². The SMILES string of the molecule is Cc1nc2cc3c(C=O)[nH]nc3cc2s1. The number of benzene rings is 1. The molecular weight excluding hydrogens is 210 g/mol. The van der Waals surface area contributed by atoms with Crippen LogP contribution in [0.4, 0.5) is 0 Å². The van der Waals surface area contributed by atoms with Crippen LogP contribution in [0.1, 0.15) is 15.5 Å². The highest BCUT2D eigenvalue weighted by Gasteiger charge is 2.08. The summed E-state index contributed by atoms with van der Waals surface area (Å²) in [4.78, 5) is 15.1. The maximum atomic E-state index is 10.7. The number of aromatic amines is 1. The molecule has 0 bridgehead atoms. The quantitative estimate of drug-likeness (QED) is 0.636. The minimum absolute atomic E-state index is 0.512. The van der Waals surface area contributed by atoms with Crippen molar-refractivity contribution in [3.63, 3.8) is 0 Å². The van der Waals surface area contributed by atoms with Crippen molar-refractivity contribution in [1.29, 1.82) is 0 Å². The van der Waals surface area contributed by atoms with E-state index in [0.29, 0.717) is 5.69 Å². The fraction of sp³-hybridized carbons (Fsp3) is 0.100. The standard InChI is InChI=1S/C10H7N3OS/c1-5-11-8-2-6-7(3-10(8)15-5)12-13-9(6)4-14/h2-4H,1H3,(H,12,13). The molecule has 74 valence electrons. The van der Waals surface area contributed by atoms with Crippen LogP contribution in [0, 0.1) is 6.92 Å². The Morgan fingerprint density at radius 3 is 3.07 bits per heavy atom. The molecule has 15 heavy (non-hydrogen) atoms. The minimum atomic E-state index is 0.512. The number of carbonyl (C=O) groups is 1. The summed E-state index contributed by atoms with van der Waals surface area (Å²) < 4.78 is 1.10. The minimum Gasteiger partial charge on any atom is -0.296 e. The lowest BCUT2D eigenvalue weighted by Gasteiger charge is -1.88. The molecule has 0 aliphatic rings. The summed E-state index contributed by atoms with van der Waals surface area (Å²) in [5.74, 6) is 0. The number of fused-ring (bicyclic) bond motifs is 2. The fourth-order valence-corrected chi connectivity index (χ4v) is 2.50. The van der Waals surface area contributed by atoms with Gasteiger partial charge in [-0.1, -0.05) is 0 Å². The Morgan fingerprint density at radius 2 is 2.27 bits per heavy atom. The second-order valence-corrected chi connectivity index (χ2v) is 4.56. The first-order valence-corrected chi connectivity index (χ1v) is 5.30. The van der Waals surface area contributed by atoms with Crippen LogP contribution in [-0.2, 0) is 0 Å². The highest BCUT2D eigenvalue weighted by Crippen LogP contribution is 2.26. The van der Waals surface area contributed by atoms with Crippen molar-refractivity contribution in [2.75, 3.05) is 0 Å². The second-order valence-electron chi connectivity index (χ2n) is 3.33. The average molecular weight is 217 g/mol. The molecule has 0 spiro atoms. The molecule has 0 aliphatic heterocycles. The maximum absolute atomic E-state index is 10.7. The number of H-pyrrole nitrogens is 1. The molecule has 1 N–H and O–H groups in total. The Labute approximate surface area is 88.9 Å². The summed E-state index contributed by atoms with van der Waals surface area (Å²) in [6, 6.07) is 3.86. The zero-order chi connectivity index (χ0) is 10.4. The summed E-state index contributed by atoms with van der Waals surface area (Å²) in [5, 5.41) is 8.63. The van der Waals surface area contributed by atoms with Gasteiger partial charge in [0, 0.05) is 5.39 Å². The van der Waals surface area contributed by atoms with Crippen LogP contribution in [0.25, 0.3) is 21.1 Å². The van der Waals surface area contributed by atoms with Gasteiger partial charge in [0.05, 0.1) is 20.7 Å². The highest BCUT2D eigenvalue weighted by atomic mass is 32.1. The van der Waals surface area contributed by atoms with Gasteiger partial charge in [0.1, 0.15) is 5.69 Å². The van der Waals surface area contributed by atoms with E-state index in [9.17, 15) is 4.79 Å². The zero-order valence-corrected chi connectivity index (χ0v) is 8.76. The van der Waals surface area contributed by atoms with Crippen molar-refractivity contribution >= 4 is 38.7 Å². The van der Waals surface area contributed by atoms with Crippen molar-refractivity contribution in [3.8, 4) is 0 Å². The van der Waals surface area contributed by atoms with E-state index in [1.165, 1.54) is 0 Å². The van der Waals surface area contributed by atoms with Crippen molar-refractivity contribution in [2.24, 2.45) is 0 Å². The summed E-state index contributed by atoms with van der Waals surface area (Å²) in [7, 11) is 0. The number of rotatable bonds is 1. The smallest absolute Gasteiger partial charge is 0.168 e. The van der Waals surface area contributed by atoms with Crippen LogP contribution >= 0.6 is 11.3 Å². The normalized spacial score (nSPS) is 11.3. The zero-order valence-electron chi connectivity index (χ0n) is 7.94. The first kappa shape index (κ1) is 8.55. The maximum Gasteiger partial charge on any atom is 0.168 e. The molecule has 0 saturated heterocycles. The van der Waals surface area contributed by atoms with E-state index in [2.05, 4.69) is 15.2 Å². The van der Waals surface area contributed by atoms with Gasteiger partial charge in [-0.3, -0.25) is 9.89 Å². The molecule has 3 rings (SSSR count). The first-order chi connectivity index (χ1) is 7.28. The summed E-state index contributed by atoms with van der Waals surface area (Å²) in [6.07, 6.45) is 0.778. The highest BCUT2D eigenvalue weighted by molar-refractivity contribution is 7.18. The molecular formula is C10H7N3OS. The molecule has 2 heterocycles. The average Bonchev–Trinajstić information content (AvgIpc) is 2.75. The third-order valence-corrected chi connectivity index (χ3v) is 3.25. The number of aldehydes is 1. The number of aromatic nitrogens is 3. The molecule has 0 fully saturated rings. The molecule has 1 aromatic carbocycles. The van der Waals surface area contributed by atoms with Gasteiger partial charge in [-0.05, 0) is 19.1 Å². The van der Waals surface area contributed by atoms with Gasteiger partial charge in [-0.25, -0.2) is 4.98 Å². The molecule has 4 nitrogen and oxygen atoms in total. The summed E-state index contributed by atoms with van der Waals surface area (Å²) in [5.41, 5.74) is 2.25. The van der Waals surface area contributed by atoms with E-state index in [4.69, 9.17) is 0 Å². The van der Waals surface area contributed by atoms with Crippen molar-refractivity contribution in [2.45, 2.75) is 6.92 Å². The van der Waals surface area contributed by atoms with Gasteiger partial charge in [0.25, 0.3) is 0 Å². The van der Waals surface area contributed by atoms with Gasteiger partial charge in [0.15, 0.2) is 6.29 Å². The number of aryl methyl sites for hydroxylation is 1. The van der Waals surface area contributed by atoms with Gasteiger partial charge in [0.2, 0.25) is 0 Å². The number of nitrogens with zero attached hydrogens (tertiary/aromatic N) is 2. The third kappa shape index (κ3) is 1.16. The topological polar surface area (TPSA) is 58.6 Å². The summed E-state index contributed by atoms with van der Waals surface area (Å²) in [6.45, 7) is 1.97. The van der Waals surface area contributed by atoms with E-state index in [1.54, 1.807) is 11.3 Å². The molecule has 0 amide bonds. The lowest BCUT2D eigenvalue weighted by Crippen LogP contribution is -1.78. The fourth-order valence-electron chi connectivity index (χ4n) is 1.66. The van der Waals surface area contributed by atoms with Gasteiger partial charge < -0.3 is 0 Å². The molecule has 0 aliphatic carbocycles. The second kappa shape index (κ2) is 2.87. The van der Waals surface area contributed by atoms with Gasteiger partial charge in [-0.15, -0.1) is 11.3 Å². The molecule has 5 heteroatoms. The van der Waals surface area contributed by atoms with Gasteiger partial charge >= 0.3 is 0 Å². The van der Waals surface area contributed by atoms with Crippen LogP contribution in [-0.4, -0.2) is 21.5 Å². The summed E-state index contributed by atoms with van der Waals surface area (Å²) >= 11 is 1.63. The van der Waals surface area contributed by atoms with E-state index < -0.39 is 0 Å². The molecule has 0 unspecified atom stereocenters. The third-order valence-electron chi connectivity index (χ3n) is 2.32. The Balaban J connectivity index is 2.48. The Kier molecular flexibility index (Phi) is 1.63. The van der Waals surface area contributed by atoms with Crippen molar-refractivity contribution in [3.05, 3.63) is 22.8 Å². The van der Waals surface area contributed by atoms with Crippen LogP contribution < -0.4 is 0 Å². The largest absolute Gasteiger partial charge is 0.296 e. The number of carbonyl (C=O) groups excluding carboxylic acids is 1. The number of thiazole rings is 1. The Bertz CT molecular complexity index is 668. The van der Waals surface area contributed by atoms with Crippen LogP contribution in [0.5, 0.6) is 0 Å². The molecule has 3 aromatic rings. The molecule has 0 saturated carbocycles. The van der Waals surface area contributed by atoms with Crippen LogP contribution in [0.2, 0.25) is 0 Å². The van der Waals surface area contributed by atoms with E-state index >= 15 is 0 Å². The monoisotopic (exact) mass is 217 g/mol. The van der Waals surface area contributed by atoms with Crippen molar-refractivity contribution < 1.29 is 4.79 Å². The Morgan fingerprint density at radius 1 is 1.40 bits per heavy atom. The number of hydrogen-bond donors (Lipinski definition) is 1. The lowest BCUT2D eigenvalue weighted by molar-refractivity contribution is 0.112. The molecule has 2 aromatic heterocycles. The molecule has 0 radical (unpaired) electrons. The van der Waals surface area contributed by atoms with Crippen LogP contribution in [0.3, 0.4) is 0 Å².